The van der Waals surface area contributed by atoms with Crippen molar-refractivity contribution in [2.24, 2.45) is 0 Å². The van der Waals surface area contributed by atoms with Gasteiger partial charge in [-0.05, 0) is 99.2 Å². The van der Waals surface area contributed by atoms with E-state index in [1.807, 2.05) is 54.3 Å². The molecule has 53 heavy (non-hydrogen) atoms. The molecule has 0 atom stereocenters. The third-order valence-corrected chi connectivity index (χ3v) is 9.23. The molecule has 0 spiro atoms. The fraction of sp³-hybridized carbons (Fsp3) is 0.190. The molecule has 0 N–H and O–H groups in total. The summed E-state index contributed by atoms with van der Waals surface area (Å²) in [5.41, 5.74) is 5.50. The Hall–Kier alpha value is -5.47. The van der Waals surface area contributed by atoms with Crippen LogP contribution in [0.1, 0.15) is 33.4 Å². The Labute approximate surface area is 322 Å². The molecule has 0 radical (unpaired) electrons. The van der Waals surface area contributed by atoms with Gasteiger partial charge in [0.2, 0.25) is 17.7 Å². The first kappa shape index (κ1) is 37.3. The number of amides is 1. The smallest absolute Gasteiger partial charge is 0.246 e. The summed E-state index contributed by atoms with van der Waals surface area (Å²) in [4.78, 5) is 25.9. The zero-order valence-electron chi connectivity index (χ0n) is 29.1. The number of aryl methyl sites for hydroxylation is 1. The lowest BCUT2D eigenvalue weighted by molar-refractivity contribution is -0.127. The summed E-state index contributed by atoms with van der Waals surface area (Å²) in [6.07, 6.45) is 10.7. The van der Waals surface area contributed by atoms with E-state index >= 15 is 0 Å². The number of piperazine rings is 1. The molecule has 1 aliphatic rings. The fourth-order valence-corrected chi connectivity index (χ4v) is 6.15. The van der Waals surface area contributed by atoms with Gasteiger partial charge >= 0.3 is 0 Å². The second-order valence-corrected chi connectivity index (χ2v) is 13.7. The molecule has 1 aliphatic heterocycles. The molecule has 6 rings (SSSR count). The zero-order chi connectivity index (χ0) is 37.0. The molecule has 268 valence electrons. The first-order chi connectivity index (χ1) is 25.8. The van der Waals surface area contributed by atoms with Gasteiger partial charge in [0.15, 0.2) is 5.75 Å². The second kappa shape index (κ2) is 18.3. The summed E-state index contributed by atoms with van der Waals surface area (Å²) in [5.74, 6) is 2.02. The van der Waals surface area contributed by atoms with Gasteiger partial charge in [-0.3, -0.25) is 9.69 Å². The number of nitriles is 1. The maximum atomic E-state index is 13.0. The number of hydrogen-bond donors (Lipinski definition) is 0. The van der Waals surface area contributed by atoms with Crippen LogP contribution in [-0.4, -0.2) is 58.5 Å². The third-order valence-electron chi connectivity index (χ3n) is 8.48. The highest BCUT2D eigenvalue weighted by atomic mass is 79.9. The highest BCUT2D eigenvalue weighted by molar-refractivity contribution is 9.10. The van der Waals surface area contributed by atoms with Gasteiger partial charge in [0.1, 0.15) is 19.0 Å². The van der Waals surface area contributed by atoms with Crippen LogP contribution in [0.25, 0.3) is 12.2 Å². The summed E-state index contributed by atoms with van der Waals surface area (Å²) in [6, 6.07) is 28.7. The van der Waals surface area contributed by atoms with Crippen LogP contribution in [0.3, 0.4) is 0 Å². The molecule has 9 nitrogen and oxygen atoms in total. The van der Waals surface area contributed by atoms with Crippen molar-refractivity contribution in [3.63, 3.8) is 0 Å². The van der Waals surface area contributed by atoms with Crippen molar-refractivity contribution in [1.29, 1.82) is 5.26 Å². The SMILES string of the molecule is Cc1cc(C=CC(=O)N2CCN(Cc3ccc(C=CCOc4ccc(Br)cn4)cc3)CC2)cc(Cl)c1Oc1ccc(OCc2ccc(C#N)cc2)cn1. The van der Waals surface area contributed by atoms with Crippen LogP contribution >= 0.6 is 27.5 Å². The number of benzene rings is 3. The van der Waals surface area contributed by atoms with E-state index in [0.29, 0.717) is 60.1 Å². The van der Waals surface area contributed by atoms with Crippen molar-refractivity contribution in [3.05, 3.63) is 152 Å². The van der Waals surface area contributed by atoms with Gasteiger partial charge in [-0.1, -0.05) is 54.1 Å². The topological polar surface area (TPSA) is 101 Å². The van der Waals surface area contributed by atoms with Crippen LogP contribution in [0.4, 0.5) is 0 Å². The molecule has 1 saturated heterocycles. The summed E-state index contributed by atoms with van der Waals surface area (Å²) < 4.78 is 18.4. The first-order valence-corrected chi connectivity index (χ1v) is 18.2. The van der Waals surface area contributed by atoms with Gasteiger partial charge < -0.3 is 19.1 Å². The summed E-state index contributed by atoms with van der Waals surface area (Å²) in [5, 5.41) is 9.37. The lowest BCUT2D eigenvalue weighted by Gasteiger charge is -2.34. The Morgan fingerprint density at radius 1 is 0.868 bits per heavy atom. The average Bonchev–Trinajstić information content (AvgIpc) is 3.18. The predicted molar refractivity (Wildman–Crippen MR) is 210 cm³/mol. The van der Waals surface area contributed by atoms with Crippen LogP contribution < -0.4 is 14.2 Å². The third kappa shape index (κ3) is 11.0. The van der Waals surface area contributed by atoms with Crippen LogP contribution in [0.2, 0.25) is 5.02 Å². The number of aromatic nitrogens is 2. The van der Waals surface area contributed by atoms with E-state index in [4.69, 9.17) is 31.1 Å². The average molecular weight is 791 g/mol. The lowest BCUT2D eigenvalue weighted by atomic mass is 10.1. The normalized spacial score (nSPS) is 13.3. The Morgan fingerprint density at radius 3 is 2.28 bits per heavy atom. The number of carbonyl (C=O) groups excluding carboxylic acids is 1. The maximum absolute atomic E-state index is 13.0. The zero-order valence-corrected chi connectivity index (χ0v) is 31.5. The number of hydrogen-bond acceptors (Lipinski definition) is 8. The van der Waals surface area contributed by atoms with Crippen molar-refractivity contribution >= 4 is 45.6 Å². The van der Waals surface area contributed by atoms with Crippen LogP contribution in [0.5, 0.6) is 23.3 Å². The number of rotatable bonds is 13. The van der Waals surface area contributed by atoms with Crippen LogP contribution in [0, 0.1) is 18.3 Å². The largest absolute Gasteiger partial charge is 0.487 e. The molecule has 0 unspecified atom stereocenters. The van der Waals surface area contributed by atoms with Gasteiger partial charge in [-0.2, -0.15) is 5.26 Å². The number of nitrogens with zero attached hydrogens (tertiary/aromatic N) is 5. The molecule has 0 aliphatic carbocycles. The van der Waals surface area contributed by atoms with Gasteiger partial charge in [0.25, 0.3) is 0 Å². The maximum Gasteiger partial charge on any atom is 0.246 e. The van der Waals surface area contributed by atoms with Crippen molar-refractivity contribution in [2.75, 3.05) is 32.8 Å². The number of halogens is 2. The highest BCUT2D eigenvalue weighted by Crippen LogP contribution is 2.34. The minimum absolute atomic E-state index is 0.0273. The van der Waals surface area contributed by atoms with Crippen molar-refractivity contribution < 1.29 is 19.0 Å². The van der Waals surface area contributed by atoms with Crippen molar-refractivity contribution in [3.8, 4) is 29.3 Å². The molecule has 2 aromatic heterocycles. The number of ether oxygens (including phenoxy) is 3. The standard InChI is InChI=1S/C42H37BrClN5O4/c1-30-23-35(24-38(44)42(30)53-40-16-14-37(27-47-40)52-29-34-10-6-32(25-45)7-11-34)12-17-41(50)49-20-18-48(19-21-49)28-33-8-4-31(5-9-33)3-2-22-51-39-15-13-36(43)26-46-39/h2-17,23-24,26-27H,18-22,28-29H2,1H3. The lowest BCUT2D eigenvalue weighted by Crippen LogP contribution is -2.47. The van der Waals surface area contributed by atoms with Gasteiger partial charge in [0, 0.05) is 61.6 Å². The molecule has 3 aromatic carbocycles. The van der Waals surface area contributed by atoms with Crippen molar-refractivity contribution in [1.82, 2.24) is 19.8 Å². The Morgan fingerprint density at radius 2 is 1.60 bits per heavy atom. The molecule has 3 heterocycles. The quantitative estimate of drug-likeness (QED) is 0.109. The second-order valence-electron chi connectivity index (χ2n) is 12.4. The molecule has 1 fully saturated rings. The van der Waals surface area contributed by atoms with Gasteiger partial charge in [0.05, 0.1) is 22.9 Å². The van der Waals surface area contributed by atoms with E-state index in [1.165, 1.54) is 5.56 Å². The number of pyridine rings is 2. The van der Waals surface area contributed by atoms with E-state index in [0.717, 1.165) is 46.4 Å². The first-order valence-electron chi connectivity index (χ1n) is 17.1. The Kier molecular flexibility index (Phi) is 12.9. The van der Waals surface area contributed by atoms with E-state index < -0.39 is 0 Å². The highest BCUT2D eigenvalue weighted by Gasteiger charge is 2.20. The minimum atomic E-state index is -0.0273. The molecule has 0 saturated carbocycles. The summed E-state index contributed by atoms with van der Waals surface area (Å²) >= 11 is 9.99. The van der Waals surface area contributed by atoms with E-state index in [2.05, 4.69) is 61.1 Å². The molecule has 11 heteroatoms. The molecular weight excluding hydrogens is 754 g/mol. The summed E-state index contributed by atoms with van der Waals surface area (Å²) in [6.45, 7) is 6.46. The minimum Gasteiger partial charge on any atom is -0.487 e. The summed E-state index contributed by atoms with van der Waals surface area (Å²) in [7, 11) is 0. The Bertz CT molecular complexity index is 2070. The molecule has 0 bridgehead atoms. The van der Waals surface area contributed by atoms with Crippen LogP contribution in [0.15, 0.2) is 114 Å². The van der Waals surface area contributed by atoms with Gasteiger partial charge in [-0.15, -0.1) is 0 Å². The van der Waals surface area contributed by atoms with E-state index in [1.54, 1.807) is 54.9 Å². The van der Waals surface area contributed by atoms with E-state index in [-0.39, 0.29) is 5.91 Å². The molecule has 1 amide bonds. The van der Waals surface area contributed by atoms with Crippen molar-refractivity contribution in [2.45, 2.75) is 20.1 Å². The molecule has 5 aromatic rings. The number of carbonyl (C=O) groups is 1. The monoisotopic (exact) mass is 789 g/mol. The van der Waals surface area contributed by atoms with E-state index in [9.17, 15) is 4.79 Å². The predicted octanol–water partition coefficient (Wildman–Crippen LogP) is 8.89. The van der Waals surface area contributed by atoms with Crippen LogP contribution in [-0.2, 0) is 17.9 Å². The molecular formula is C42H37BrClN5O4. The van der Waals surface area contributed by atoms with Gasteiger partial charge in [-0.25, -0.2) is 9.97 Å². The Balaban J connectivity index is 0.929. The fourth-order valence-electron chi connectivity index (χ4n) is 5.60.